The maximum absolute atomic E-state index is 13.3. The minimum atomic E-state index is -1.02. The molecule has 0 aromatic heterocycles. The number of unbranched alkanes of at least 4 members (excludes halogenated alkanes) is 1. The highest BCUT2D eigenvalue weighted by molar-refractivity contribution is 5.87. The van der Waals surface area contributed by atoms with Crippen molar-refractivity contribution in [3.05, 3.63) is 156 Å². The molecule has 0 saturated carbocycles. The fourth-order valence-electron chi connectivity index (χ4n) is 8.01. The topological polar surface area (TPSA) is 113 Å². The van der Waals surface area contributed by atoms with Gasteiger partial charge in [-0.25, -0.2) is 0 Å². The predicted molar refractivity (Wildman–Crippen MR) is 241 cm³/mol. The Hall–Kier alpha value is -5.35. The smallest absolute Gasteiger partial charge is 0.230 e. The third-order valence-corrected chi connectivity index (χ3v) is 11.9. The molecule has 1 amide bonds. The second-order valence-electron chi connectivity index (χ2n) is 16.6. The number of hydrogen-bond acceptors (Lipinski definition) is 8. The fraction of sp³-hybridized carbons (Fsp3) is 0.380. The predicted octanol–water partition coefficient (Wildman–Crippen LogP) is 9.92. The van der Waals surface area contributed by atoms with Gasteiger partial charge in [0.2, 0.25) is 5.91 Å². The van der Waals surface area contributed by atoms with Crippen LogP contribution in [0.15, 0.2) is 144 Å². The molecule has 0 bridgehead atoms. The Morgan fingerprint density at radius 2 is 1.27 bits per heavy atom. The normalized spacial score (nSPS) is 14.6. The fourth-order valence-corrected chi connectivity index (χ4v) is 8.01. The molecule has 310 valence electrons. The van der Waals surface area contributed by atoms with Crippen molar-refractivity contribution < 1.29 is 15.0 Å². The molecule has 1 heterocycles. The number of carbonyl (C=O) groups excluding carboxylic acids is 1. The van der Waals surface area contributed by atoms with Gasteiger partial charge in [0.05, 0.1) is 22.9 Å². The molecule has 59 heavy (non-hydrogen) atoms. The van der Waals surface area contributed by atoms with Crippen LogP contribution in [0.4, 0.5) is 22.7 Å². The lowest BCUT2D eigenvalue weighted by Crippen LogP contribution is -2.44. The molecule has 1 atom stereocenters. The van der Waals surface area contributed by atoms with Crippen LogP contribution < -0.4 is 15.5 Å². The number of rotatable bonds is 19. The van der Waals surface area contributed by atoms with E-state index in [0.29, 0.717) is 13.0 Å². The molecular weight excluding hydrogens is 733 g/mol. The van der Waals surface area contributed by atoms with Crippen molar-refractivity contribution in [1.29, 1.82) is 0 Å². The van der Waals surface area contributed by atoms with E-state index < -0.39 is 17.1 Å². The number of piperidine rings is 1. The summed E-state index contributed by atoms with van der Waals surface area (Å²) in [6, 6.07) is 43.9. The van der Waals surface area contributed by atoms with Crippen LogP contribution in [-0.4, -0.2) is 67.8 Å². The quantitative estimate of drug-likeness (QED) is 0.0489. The molecule has 4 N–H and O–H groups in total. The van der Waals surface area contributed by atoms with Gasteiger partial charge in [-0.2, -0.15) is 10.2 Å². The first kappa shape index (κ1) is 43.2. The second-order valence-corrected chi connectivity index (χ2v) is 16.6. The molecular formula is C50H62N6O3. The maximum atomic E-state index is 13.3. The number of azo groups is 1. The van der Waals surface area contributed by atoms with E-state index >= 15 is 0 Å². The molecule has 0 spiro atoms. The SMILES string of the molecule is CN(C)c1ccc(N=Nc2ccc(NCCCCNC(=O)C(C)(C)c3ccc(C(O)CCCN4CCC(C(O)(c5ccccc5)c5ccccc5)CC4)cc3)cc2)cc1. The van der Waals surface area contributed by atoms with E-state index in [1.807, 2.05) is 166 Å². The Morgan fingerprint density at radius 1 is 0.729 bits per heavy atom. The summed E-state index contributed by atoms with van der Waals surface area (Å²) < 4.78 is 0. The molecule has 9 heteroatoms. The Kier molecular flexibility index (Phi) is 15.1. The van der Waals surface area contributed by atoms with Gasteiger partial charge in [-0.3, -0.25) is 4.79 Å². The van der Waals surface area contributed by atoms with Crippen molar-refractivity contribution in [2.45, 2.75) is 69.5 Å². The van der Waals surface area contributed by atoms with Gasteiger partial charge in [0, 0.05) is 38.6 Å². The van der Waals surface area contributed by atoms with Gasteiger partial charge in [0.15, 0.2) is 0 Å². The summed E-state index contributed by atoms with van der Waals surface area (Å²) in [4.78, 5) is 17.8. The van der Waals surface area contributed by atoms with E-state index in [4.69, 9.17) is 0 Å². The molecule has 6 rings (SSSR count). The molecule has 1 aliphatic rings. The Bertz CT molecular complexity index is 2010. The van der Waals surface area contributed by atoms with E-state index in [1.165, 1.54) is 0 Å². The Balaban J connectivity index is 0.871. The molecule has 5 aromatic rings. The summed E-state index contributed by atoms with van der Waals surface area (Å²) in [6.45, 7) is 8.05. The standard InChI is InChI=1S/C50H62N6O3/c1-49(2,48(58)52-34-12-11-33-51-43-23-25-44(26-24-43)53-54-45-27-29-46(30-28-45)55(3)4)39-21-19-38(20-22-39)47(57)18-13-35-56-36-31-42(32-37-56)50(59,40-14-7-5-8-15-40)41-16-9-6-10-17-41/h5-10,14-17,19-30,42,47,51,57,59H,11-13,18,31-37H2,1-4H3,(H,52,58). The van der Waals surface area contributed by atoms with Crippen molar-refractivity contribution in [3.63, 3.8) is 0 Å². The largest absolute Gasteiger partial charge is 0.388 e. The lowest BCUT2D eigenvalue weighted by molar-refractivity contribution is -0.125. The molecule has 1 saturated heterocycles. The van der Waals surface area contributed by atoms with Gasteiger partial charge in [-0.05, 0) is 149 Å². The number of anilines is 2. The number of nitrogens with one attached hydrogen (secondary N) is 2. The molecule has 5 aromatic carbocycles. The Labute approximate surface area is 351 Å². The van der Waals surface area contributed by atoms with E-state index in [9.17, 15) is 15.0 Å². The zero-order chi connectivity index (χ0) is 41.7. The van der Waals surface area contributed by atoms with Crippen LogP contribution in [0, 0.1) is 5.92 Å². The molecule has 1 aliphatic heterocycles. The summed E-state index contributed by atoms with van der Waals surface area (Å²) in [7, 11) is 4.02. The van der Waals surface area contributed by atoms with Gasteiger partial charge in [0.1, 0.15) is 5.60 Å². The highest BCUT2D eigenvalue weighted by Gasteiger charge is 2.41. The van der Waals surface area contributed by atoms with Crippen LogP contribution in [0.25, 0.3) is 0 Å². The highest BCUT2D eigenvalue weighted by Crippen LogP contribution is 2.42. The minimum absolute atomic E-state index is 0.00750. The zero-order valence-corrected chi connectivity index (χ0v) is 35.2. The van der Waals surface area contributed by atoms with E-state index in [1.54, 1.807) is 0 Å². The number of hydrogen-bond donors (Lipinski definition) is 4. The summed E-state index contributed by atoms with van der Waals surface area (Å²) in [5, 5.41) is 38.5. The summed E-state index contributed by atoms with van der Waals surface area (Å²) in [6.07, 6.45) is 4.58. The first-order valence-electron chi connectivity index (χ1n) is 21.2. The van der Waals surface area contributed by atoms with Gasteiger partial charge in [0.25, 0.3) is 0 Å². The lowest BCUT2D eigenvalue weighted by atomic mass is 9.72. The summed E-state index contributed by atoms with van der Waals surface area (Å²) in [5.41, 5.74) is 5.72. The monoisotopic (exact) mass is 794 g/mol. The average Bonchev–Trinajstić information content (AvgIpc) is 3.27. The number of likely N-dealkylation sites (tertiary alicyclic amines) is 1. The molecule has 0 radical (unpaired) electrons. The van der Waals surface area contributed by atoms with Crippen molar-refractivity contribution >= 4 is 28.7 Å². The second kappa shape index (κ2) is 20.6. The van der Waals surface area contributed by atoms with Gasteiger partial charge < -0.3 is 30.6 Å². The molecule has 1 fully saturated rings. The van der Waals surface area contributed by atoms with Crippen molar-refractivity contribution in [2.75, 3.05) is 57.0 Å². The number of aliphatic hydroxyl groups excluding tert-OH is 1. The first-order chi connectivity index (χ1) is 28.5. The summed E-state index contributed by atoms with van der Waals surface area (Å²) >= 11 is 0. The van der Waals surface area contributed by atoms with Crippen LogP contribution in [-0.2, 0) is 15.8 Å². The van der Waals surface area contributed by atoms with Gasteiger partial charge in [-0.15, -0.1) is 0 Å². The van der Waals surface area contributed by atoms with Gasteiger partial charge >= 0.3 is 0 Å². The molecule has 9 nitrogen and oxygen atoms in total. The van der Waals surface area contributed by atoms with Crippen molar-refractivity contribution in [2.24, 2.45) is 16.1 Å². The third kappa shape index (κ3) is 11.4. The van der Waals surface area contributed by atoms with Crippen LogP contribution in [0.3, 0.4) is 0 Å². The Morgan fingerprint density at radius 3 is 1.83 bits per heavy atom. The van der Waals surface area contributed by atoms with Crippen LogP contribution in [0.5, 0.6) is 0 Å². The van der Waals surface area contributed by atoms with E-state index in [2.05, 4.69) is 25.8 Å². The summed E-state index contributed by atoms with van der Waals surface area (Å²) in [5.74, 6) is 0.117. The highest BCUT2D eigenvalue weighted by atomic mass is 16.3. The van der Waals surface area contributed by atoms with Crippen LogP contribution in [0.1, 0.15) is 80.7 Å². The molecule has 0 aliphatic carbocycles. The number of nitrogens with zero attached hydrogens (tertiary/aromatic N) is 4. The zero-order valence-electron chi connectivity index (χ0n) is 35.2. The average molecular weight is 795 g/mol. The van der Waals surface area contributed by atoms with E-state index in [-0.39, 0.29) is 11.8 Å². The van der Waals surface area contributed by atoms with E-state index in [0.717, 1.165) is 103 Å². The lowest BCUT2D eigenvalue weighted by Gasteiger charge is -2.42. The van der Waals surface area contributed by atoms with Crippen LogP contribution in [0.2, 0.25) is 0 Å². The number of benzene rings is 5. The number of carbonyl (C=O) groups is 1. The molecule has 1 unspecified atom stereocenters. The first-order valence-corrected chi connectivity index (χ1v) is 21.2. The number of amides is 1. The van der Waals surface area contributed by atoms with Crippen molar-refractivity contribution in [1.82, 2.24) is 10.2 Å². The van der Waals surface area contributed by atoms with Gasteiger partial charge in [-0.1, -0.05) is 84.9 Å². The third-order valence-electron chi connectivity index (χ3n) is 11.9. The van der Waals surface area contributed by atoms with Crippen LogP contribution >= 0.6 is 0 Å². The minimum Gasteiger partial charge on any atom is -0.388 e. The van der Waals surface area contributed by atoms with Crippen molar-refractivity contribution in [3.8, 4) is 0 Å². The number of aliphatic hydroxyl groups is 2. The maximum Gasteiger partial charge on any atom is 0.230 e.